The summed E-state index contributed by atoms with van der Waals surface area (Å²) in [6.45, 7) is 0. The van der Waals surface area contributed by atoms with Gasteiger partial charge < -0.3 is 5.84 Å². The van der Waals surface area contributed by atoms with E-state index in [1.165, 1.54) is 9.79 Å². The molecule has 0 atom stereocenters. The van der Waals surface area contributed by atoms with E-state index in [1.54, 1.807) is 0 Å². The van der Waals surface area contributed by atoms with Crippen LogP contribution in [0.2, 0.25) is 0 Å². The van der Waals surface area contributed by atoms with Crippen LogP contribution in [-0.4, -0.2) is 5.88 Å². The molecular weight excluding hydrogens is 230 g/mol. The summed E-state index contributed by atoms with van der Waals surface area (Å²) in [5.74, 6) is 5.70. The lowest BCUT2D eigenvalue weighted by Gasteiger charge is -2.04. The summed E-state index contributed by atoms with van der Waals surface area (Å²) in [6, 6.07) is 20.6. The molecule has 2 rings (SSSR count). The van der Waals surface area contributed by atoms with Crippen LogP contribution in [0.5, 0.6) is 0 Å². The van der Waals surface area contributed by atoms with E-state index in [4.69, 9.17) is 5.84 Å². The third kappa shape index (κ3) is 3.07. The van der Waals surface area contributed by atoms with Crippen molar-refractivity contribution in [2.75, 3.05) is 5.88 Å². The van der Waals surface area contributed by atoms with Gasteiger partial charge in [0.05, 0.1) is 10.9 Å². The Bertz CT molecular complexity index is 431. The first-order chi connectivity index (χ1) is 8.42. The lowest BCUT2D eigenvalue weighted by atomic mass is 10.4. The van der Waals surface area contributed by atoms with Gasteiger partial charge in [-0.3, -0.25) is 0 Å². The lowest BCUT2D eigenvalue weighted by molar-refractivity contribution is 0.996. The highest BCUT2D eigenvalue weighted by Crippen LogP contribution is 2.23. The molecule has 0 fully saturated rings. The molecular formula is C13H14N3S+. The summed E-state index contributed by atoms with van der Waals surface area (Å²) in [4.78, 5) is 2.51. The molecule has 4 heteroatoms. The van der Waals surface area contributed by atoms with E-state index in [1.807, 2.05) is 36.4 Å². The van der Waals surface area contributed by atoms with Crippen LogP contribution < -0.4 is 5.84 Å². The number of hydrogen-bond donors (Lipinski definition) is 1. The van der Waals surface area contributed by atoms with Gasteiger partial charge in [-0.15, -0.1) is 5.11 Å². The van der Waals surface area contributed by atoms with Crippen molar-refractivity contribution in [1.29, 1.82) is 0 Å². The van der Waals surface area contributed by atoms with Crippen molar-refractivity contribution in [3.05, 3.63) is 60.7 Å². The molecule has 0 unspecified atom stereocenters. The molecule has 3 nitrogen and oxygen atoms in total. The minimum Gasteiger partial charge on any atom is -0.305 e. The second-order valence-electron chi connectivity index (χ2n) is 3.40. The molecule has 2 N–H and O–H groups in total. The highest BCUT2D eigenvalue weighted by atomic mass is 32.2. The van der Waals surface area contributed by atoms with Gasteiger partial charge in [0.2, 0.25) is 5.88 Å². The highest BCUT2D eigenvalue weighted by Gasteiger charge is 2.24. The summed E-state index contributed by atoms with van der Waals surface area (Å²) < 4.78 is 0. The molecule has 0 aliphatic heterocycles. The topological polar surface area (TPSA) is 50.7 Å². The van der Waals surface area contributed by atoms with Gasteiger partial charge in [0, 0.05) is 0 Å². The standard InChI is InChI=1S/C13H14N3S/c14-16-15-11-17(12-7-3-1-4-8-12)13-9-5-2-6-10-13/h1-10H,11H2,(H2,14,15)/q+1. The molecule has 0 radical (unpaired) electrons. The van der Waals surface area contributed by atoms with Crippen LogP contribution >= 0.6 is 0 Å². The Morgan fingerprint density at radius 3 is 1.71 bits per heavy atom. The Morgan fingerprint density at radius 2 is 1.29 bits per heavy atom. The molecule has 86 valence electrons. The van der Waals surface area contributed by atoms with Gasteiger partial charge >= 0.3 is 0 Å². The SMILES string of the molecule is NN=NC[S+](c1ccccc1)c1ccccc1. The molecule has 17 heavy (non-hydrogen) atoms. The minimum atomic E-state index is -0.0915. The summed E-state index contributed by atoms with van der Waals surface area (Å²) >= 11 is 0. The van der Waals surface area contributed by atoms with Crippen LogP contribution in [0.1, 0.15) is 0 Å². The smallest absolute Gasteiger partial charge is 0.229 e. The summed E-state index contributed by atoms with van der Waals surface area (Å²) in [5, 5.41) is 7.30. The maximum absolute atomic E-state index is 5.10. The summed E-state index contributed by atoms with van der Waals surface area (Å²) in [6.07, 6.45) is 0. The van der Waals surface area contributed by atoms with E-state index in [0.29, 0.717) is 5.88 Å². The van der Waals surface area contributed by atoms with Crippen molar-refractivity contribution < 1.29 is 0 Å². The van der Waals surface area contributed by atoms with E-state index < -0.39 is 0 Å². The lowest BCUT2D eigenvalue weighted by Crippen LogP contribution is -2.07. The average molecular weight is 244 g/mol. The molecule has 2 aromatic carbocycles. The predicted molar refractivity (Wildman–Crippen MR) is 70.7 cm³/mol. The minimum absolute atomic E-state index is 0.0915. The first kappa shape index (κ1) is 11.7. The predicted octanol–water partition coefficient (Wildman–Crippen LogP) is 3.01. The molecule has 0 saturated carbocycles. The van der Waals surface area contributed by atoms with Crippen molar-refractivity contribution in [3.8, 4) is 0 Å². The monoisotopic (exact) mass is 244 g/mol. The second-order valence-corrected chi connectivity index (χ2v) is 5.39. The van der Waals surface area contributed by atoms with Crippen LogP contribution in [0.3, 0.4) is 0 Å². The quantitative estimate of drug-likeness (QED) is 0.382. The normalized spacial score (nSPS) is 11.1. The summed E-state index contributed by atoms with van der Waals surface area (Å²) in [5.41, 5.74) is 0. The van der Waals surface area contributed by atoms with Crippen molar-refractivity contribution in [2.24, 2.45) is 16.2 Å². The first-order valence-corrected chi connectivity index (χ1v) is 6.69. The zero-order chi connectivity index (χ0) is 11.9. The molecule has 0 saturated heterocycles. The Morgan fingerprint density at radius 1 is 0.824 bits per heavy atom. The zero-order valence-electron chi connectivity index (χ0n) is 9.36. The molecule has 0 amide bonds. The molecule has 2 aromatic rings. The molecule has 0 aromatic heterocycles. The maximum atomic E-state index is 5.10. The number of hydrogen-bond acceptors (Lipinski definition) is 2. The maximum Gasteiger partial charge on any atom is 0.229 e. The largest absolute Gasteiger partial charge is 0.305 e. The van der Waals surface area contributed by atoms with Gasteiger partial charge in [0.1, 0.15) is 0 Å². The van der Waals surface area contributed by atoms with Crippen molar-refractivity contribution >= 4 is 10.9 Å². The van der Waals surface area contributed by atoms with Crippen LogP contribution in [0.15, 0.2) is 80.8 Å². The summed E-state index contributed by atoms with van der Waals surface area (Å²) in [7, 11) is -0.0915. The van der Waals surface area contributed by atoms with E-state index in [9.17, 15) is 0 Å². The van der Waals surface area contributed by atoms with Crippen LogP contribution in [-0.2, 0) is 10.9 Å². The van der Waals surface area contributed by atoms with Gasteiger partial charge in [-0.05, 0) is 24.3 Å². The van der Waals surface area contributed by atoms with Crippen molar-refractivity contribution in [3.63, 3.8) is 0 Å². The molecule has 0 heterocycles. The Labute approximate surface area is 104 Å². The van der Waals surface area contributed by atoms with E-state index >= 15 is 0 Å². The fourth-order valence-corrected chi connectivity index (χ4v) is 3.27. The Balaban J connectivity index is 2.32. The Hall–Kier alpha value is -1.81. The average Bonchev–Trinajstić information content (AvgIpc) is 2.42. The Kier molecular flexibility index (Phi) is 4.16. The van der Waals surface area contributed by atoms with Gasteiger partial charge in [0.25, 0.3) is 0 Å². The molecule has 0 aliphatic carbocycles. The van der Waals surface area contributed by atoms with Crippen LogP contribution in [0.25, 0.3) is 0 Å². The fraction of sp³-hybridized carbons (Fsp3) is 0.0769. The van der Waals surface area contributed by atoms with E-state index in [-0.39, 0.29) is 10.9 Å². The van der Waals surface area contributed by atoms with E-state index in [0.717, 1.165) is 0 Å². The van der Waals surface area contributed by atoms with E-state index in [2.05, 4.69) is 34.6 Å². The van der Waals surface area contributed by atoms with Crippen LogP contribution in [0, 0.1) is 0 Å². The fourth-order valence-electron chi connectivity index (χ4n) is 1.55. The van der Waals surface area contributed by atoms with Crippen molar-refractivity contribution in [2.45, 2.75) is 9.79 Å². The number of rotatable bonds is 4. The molecule has 0 aliphatic rings. The van der Waals surface area contributed by atoms with Crippen molar-refractivity contribution in [1.82, 2.24) is 0 Å². The third-order valence-corrected chi connectivity index (χ3v) is 4.38. The van der Waals surface area contributed by atoms with Gasteiger partial charge in [0.15, 0.2) is 9.79 Å². The van der Waals surface area contributed by atoms with Gasteiger partial charge in [-0.2, -0.15) is 0 Å². The molecule has 0 spiro atoms. The van der Waals surface area contributed by atoms with Gasteiger partial charge in [-0.1, -0.05) is 41.6 Å². The first-order valence-electron chi connectivity index (χ1n) is 5.29. The number of nitrogens with zero attached hydrogens (tertiary/aromatic N) is 2. The number of nitrogens with two attached hydrogens (primary N) is 1. The van der Waals surface area contributed by atoms with Gasteiger partial charge in [-0.25, -0.2) is 0 Å². The second kappa shape index (κ2) is 6.06. The molecule has 0 bridgehead atoms. The third-order valence-electron chi connectivity index (χ3n) is 2.32. The van der Waals surface area contributed by atoms with Crippen LogP contribution in [0.4, 0.5) is 0 Å². The number of benzene rings is 2. The zero-order valence-corrected chi connectivity index (χ0v) is 10.2. The highest BCUT2D eigenvalue weighted by molar-refractivity contribution is 7.97.